The van der Waals surface area contributed by atoms with Crippen LogP contribution in [0.5, 0.6) is 0 Å². The molecule has 76 heavy (non-hydrogen) atoms. The zero-order valence-corrected chi connectivity index (χ0v) is 45.5. The van der Waals surface area contributed by atoms with Crippen molar-refractivity contribution in [1.29, 1.82) is 0 Å². The molecule has 370 valence electrons. The summed E-state index contributed by atoms with van der Waals surface area (Å²) in [6.45, 7) is 16.8. The summed E-state index contributed by atoms with van der Waals surface area (Å²) < 4.78 is 10.1. The summed E-state index contributed by atoms with van der Waals surface area (Å²) in [4.78, 5) is 5.43. The minimum atomic E-state index is -0.193. The summed E-state index contributed by atoms with van der Waals surface area (Å²) in [5.41, 5.74) is 26.1. The molecule has 0 N–H and O–H groups in total. The predicted molar refractivity (Wildman–Crippen MR) is 325 cm³/mol. The Balaban J connectivity index is 1.12. The van der Waals surface area contributed by atoms with E-state index in [1.54, 1.807) is 0 Å². The topological polar surface area (TPSA) is 19.6 Å². The molecule has 15 rings (SSSR count). The predicted octanol–water partition coefficient (Wildman–Crippen LogP) is 18.8. The van der Waals surface area contributed by atoms with Crippen LogP contribution in [0.3, 0.4) is 0 Å². The number of para-hydroxylation sites is 1. The number of thiophene rings is 1. The number of nitrogens with zero attached hydrogens (tertiary/aromatic N) is 2. The number of rotatable bonds is 7. The van der Waals surface area contributed by atoms with Gasteiger partial charge in [-0.15, -0.1) is 11.3 Å². The third-order valence-corrected chi connectivity index (χ3v) is 19.5. The van der Waals surface area contributed by atoms with Gasteiger partial charge in [-0.1, -0.05) is 176 Å². The Morgan fingerprint density at radius 3 is 1.96 bits per heavy atom. The highest BCUT2D eigenvalue weighted by Gasteiger charge is 2.51. The Hall–Kier alpha value is -7.60. The van der Waals surface area contributed by atoms with E-state index >= 15 is 0 Å². The summed E-state index contributed by atoms with van der Waals surface area (Å²) in [6.07, 6.45) is 5.64. The molecule has 0 saturated heterocycles. The Morgan fingerprint density at radius 2 is 1.20 bits per heavy atom. The minimum Gasteiger partial charge on any atom is -0.454 e. The van der Waals surface area contributed by atoms with Crippen LogP contribution in [0.1, 0.15) is 102 Å². The van der Waals surface area contributed by atoms with Gasteiger partial charge in [0.15, 0.2) is 5.58 Å². The fourth-order valence-electron chi connectivity index (χ4n) is 14.1. The first-order valence-corrected chi connectivity index (χ1v) is 28.5. The molecule has 4 heterocycles. The minimum absolute atomic E-state index is 0.0155. The van der Waals surface area contributed by atoms with Gasteiger partial charge < -0.3 is 14.1 Å². The third kappa shape index (κ3) is 6.54. The number of anilines is 5. The lowest BCUT2D eigenvalue weighted by Gasteiger charge is -2.45. The quantitative estimate of drug-likeness (QED) is 0.148. The van der Waals surface area contributed by atoms with Crippen molar-refractivity contribution in [2.24, 2.45) is 0 Å². The first-order valence-electron chi connectivity index (χ1n) is 27.7. The SMILES string of the molecule is CCCCc1ccc(N2c3c(sc4cc5c(cc34)C(C)(C)CCC5(C)C)B3c4c(cc5c(oc6ccccc65)c42)-c2cc4c(cc2N3c2ccc(-c3ccccc3)cc2)C(C)(C)c2ccccc2-4)c(-c2ccccc2)c1. The summed E-state index contributed by atoms with van der Waals surface area (Å²) in [5, 5.41) is 3.60. The van der Waals surface area contributed by atoms with Gasteiger partial charge in [-0.3, -0.25) is 0 Å². The highest BCUT2D eigenvalue weighted by molar-refractivity contribution is 7.32. The van der Waals surface area contributed by atoms with Gasteiger partial charge in [0.25, 0.3) is 0 Å². The number of hydrogen-bond acceptors (Lipinski definition) is 4. The van der Waals surface area contributed by atoms with Gasteiger partial charge in [0, 0.05) is 53.6 Å². The molecule has 2 aliphatic carbocycles. The highest BCUT2D eigenvalue weighted by Crippen LogP contribution is 2.59. The van der Waals surface area contributed by atoms with E-state index in [1.807, 2.05) is 11.3 Å². The van der Waals surface area contributed by atoms with E-state index in [1.165, 1.54) is 115 Å². The van der Waals surface area contributed by atoms with E-state index in [0.29, 0.717) is 0 Å². The van der Waals surface area contributed by atoms with Crippen molar-refractivity contribution in [3.63, 3.8) is 0 Å². The Labute approximate surface area is 451 Å². The molecule has 11 aromatic rings. The average Bonchev–Trinajstić information content (AvgIpc) is 4.26. The number of furan rings is 1. The van der Waals surface area contributed by atoms with Gasteiger partial charge in [0.05, 0.1) is 17.1 Å². The molecule has 0 saturated carbocycles. The van der Waals surface area contributed by atoms with Crippen LogP contribution in [0.25, 0.3) is 76.5 Å². The number of fused-ring (bicyclic) bond motifs is 14. The molecule has 5 heteroatoms. The van der Waals surface area contributed by atoms with Crippen LogP contribution in [-0.2, 0) is 22.7 Å². The van der Waals surface area contributed by atoms with Gasteiger partial charge in [-0.25, -0.2) is 0 Å². The van der Waals surface area contributed by atoms with Gasteiger partial charge in [-0.2, -0.15) is 0 Å². The second-order valence-electron chi connectivity index (χ2n) is 24.1. The molecule has 0 unspecified atom stereocenters. The van der Waals surface area contributed by atoms with Gasteiger partial charge in [0.2, 0.25) is 0 Å². The number of aryl methyl sites for hydroxylation is 1. The molecule has 2 aliphatic heterocycles. The molecule has 0 atom stereocenters. The van der Waals surface area contributed by atoms with Gasteiger partial charge >= 0.3 is 6.85 Å². The van der Waals surface area contributed by atoms with Crippen molar-refractivity contribution >= 4 is 88.9 Å². The van der Waals surface area contributed by atoms with E-state index in [4.69, 9.17) is 4.42 Å². The van der Waals surface area contributed by atoms with Gasteiger partial charge in [-0.05, 0) is 164 Å². The van der Waals surface area contributed by atoms with Crippen LogP contribution in [0.2, 0.25) is 0 Å². The van der Waals surface area contributed by atoms with Crippen LogP contribution in [-0.4, -0.2) is 6.85 Å². The van der Waals surface area contributed by atoms with Crippen LogP contribution in [0.15, 0.2) is 186 Å². The fourth-order valence-corrected chi connectivity index (χ4v) is 15.4. The lowest BCUT2D eigenvalue weighted by molar-refractivity contribution is 0.332. The lowest BCUT2D eigenvalue weighted by atomic mass is 9.46. The molecule has 0 amide bonds. The van der Waals surface area contributed by atoms with E-state index in [9.17, 15) is 0 Å². The maximum absolute atomic E-state index is 7.44. The summed E-state index contributed by atoms with van der Waals surface area (Å²) >= 11 is 2.01. The van der Waals surface area contributed by atoms with Gasteiger partial charge in [0.1, 0.15) is 5.58 Å². The maximum Gasteiger partial charge on any atom is 0.343 e. The average molecular weight is 1000 g/mol. The van der Waals surface area contributed by atoms with Crippen LogP contribution in [0, 0.1) is 0 Å². The van der Waals surface area contributed by atoms with Crippen molar-refractivity contribution in [3.05, 3.63) is 210 Å². The third-order valence-electron chi connectivity index (χ3n) is 18.3. The van der Waals surface area contributed by atoms with E-state index < -0.39 is 0 Å². The molecule has 0 bridgehead atoms. The molecule has 9 aromatic carbocycles. The zero-order valence-electron chi connectivity index (χ0n) is 44.6. The largest absolute Gasteiger partial charge is 0.454 e. The Kier molecular flexibility index (Phi) is 9.91. The monoisotopic (exact) mass is 1000 g/mol. The normalized spacial score (nSPS) is 16.1. The molecule has 0 fully saturated rings. The van der Waals surface area contributed by atoms with Crippen LogP contribution < -0.4 is 20.0 Å². The molecule has 0 radical (unpaired) electrons. The number of benzene rings is 9. The second-order valence-corrected chi connectivity index (χ2v) is 25.1. The Bertz CT molecular complexity index is 4200. The highest BCUT2D eigenvalue weighted by atomic mass is 32.1. The zero-order chi connectivity index (χ0) is 51.4. The molecule has 3 nitrogen and oxygen atoms in total. The smallest absolute Gasteiger partial charge is 0.343 e. The number of unbranched alkanes of at least 4 members (excludes halogenated alkanes) is 1. The maximum atomic E-state index is 7.44. The van der Waals surface area contributed by atoms with Crippen molar-refractivity contribution < 1.29 is 4.42 Å². The number of hydrogen-bond donors (Lipinski definition) is 0. The second kappa shape index (κ2) is 16.5. The van der Waals surface area contributed by atoms with E-state index in [2.05, 4.69) is 240 Å². The van der Waals surface area contributed by atoms with E-state index in [0.717, 1.165) is 59.7 Å². The summed E-state index contributed by atoms with van der Waals surface area (Å²) in [5.74, 6) is 0. The van der Waals surface area contributed by atoms with Crippen molar-refractivity contribution in [2.75, 3.05) is 9.71 Å². The molecule has 4 aliphatic rings. The fraction of sp³-hybridized carbons (Fsp3) is 0.211. The summed E-state index contributed by atoms with van der Waals surface area (Å²) in [6, 6.07) is 69.5. The Morgan fingerprint density at radius 1 is 0.513 bits per heavy atom. The molecular formula is C71H61BN2OS. The van der Waals surface area contributed by atoms with Crippen LogP contribution >= 0.6 is 11.3 Å². The molecular weight excluding hydrogens is 940 g/mol. The van der Waals surface area contributed by atoms with Crippen molar-refractivity contribution in [2.45, 2.75) is 96.8 Å². The molecule has 0 spiro atoms. The first kappa shape index (κ1) is 45.8. The molecule has 2 aromatic heterocycles. The lowest BCUT2D eigenvalue weighted by Crippen LogP contribution is -2.60. The standard InChI is InChI=1S/C71H61BN2OS/c1-8-9-20-43-29-34-60(50(37-43)46-23-14-11-15-24-46)73-65-55-40-58-59(70(4,5)36-35-69(58,2)3)42-63(55)76-68(65)72-64-53(39-54-49-26-17-19-28-62(49)75-67(54)66(64)73)52-38-51-48-25-16-18-27-56(48)71(6,7)57(51)41-61(52)74(72)47-32-30-45(31-33-47)44-21-12-10-13-22-44/h10-19,21-34,37-42H,8-9,20,35-36H2,1-7H3. The van der Waals surface area contributed by atoms with Crippen molar-refractivity contribution in [3.8, 4) is 44.5 Å². The summed E-state index contributed by atoms with van der Waals surface area (Å²) in [7, 11) is 0. The van der Waals surface area contributed by atoms with Crippen LogP contribution in [0.4, 0.5) is 28.4 Å². The van der Waals surface area contributed by atoms with Crippen molar-refractivity contribution in [1.82, 2.24) is 0 Å². The van der Waals surface area contributed by atoms with E-state index in [-0.39, 0.29) is 23.1 Å². The first-order chi connectivity index (χ1) is 36.9.